The minimum Gasteiger partial charge on any atom is -0.306 e. The summed E-state index contributed by atoms with van der Waals surface area (Å²) in [5.41, 5.74) is 0. The van der Waals surface area contributed by atoms with Crippen molar-refractivity contribution in [3.05, 3.63) is 0 Å². The van der Waals surface area contributed by atoms with Gasteiger partial charge in [-0.3, -0.25) is 0 Å². The van der Waals surface area contributed by atoms with Gasteiger partial charge in [-0.05, 0) is 12.3 Å². The summed E-state index contributed by atoms with van der Waals surface area (Å²) in [6, 6.07) is 0. The predicted octanol–water partition coefficient (Wildman–Crippen LogP) is 5.16. The Labute approximate surface area is 116 Å². The lowest BCUT2D eigenvalue weighted by atomic mass is 9.99. The molecule has 18 heavy (non-hydrogen) atoms. The second-order valence-electron chi connectivity index (χ2n) is 5.38. The Kier molecular flexibility index (Phi) is 13.6. The standard InChI is InChI=1S/C15H32O2S/c1-3-5-6-7-8-9-10-11-12-13-15(4-2)14-18(16)17/h15H,3-14H2,1-2H3,(H,16,17). The van der Waals surface area contributed by atoms with Crippen LogP contribution in [0.4, 0.5) is 0 Å². The second-order valence-corrected chi connectivity index (χ2v) is 6.36. The van der Waals surface area contributed by atoms with E-state index in [0.717, 1.165) is 12.8 Å². The third kappa shape index (κ3) is 12.6. The molecule has 0 aromatic rings. The molecule has 0 rings (SSSR count). The number of unbranched alkanes of at least 4 members (excludes halogenated alkanes) is 8. The Morgan fingerprint density at radius 2 is 1.39 bits per heavy atom. The summed E-state index contributed by atoms with van der Waals surface area (Å²) in [5, 5.41) is 0. The molecule has 0 fully saturated rings. The zero-order valence-corrected chi connectivity index (χ0v) is 13.1. The van der Waals surface area contributed by atoms with Crippen molar-refractivity contribution < 1.29 is 8.76 Å². The summed E-state index contributed by atoms with van der Waals surface area (Å²) in [4.78, 5) is 0. The molecule has 0 saturated carbocycles. The highest BCUT2D eigenvalue weighted by Crippen LogP contribution is 2.16. The van der Waals surface area contributed by atoms with E-state index >= 15 is 0 Å². The van der Waals surface area contributed by atoms with Crippen LogP contribution < -0.4 is 0 Å². The maximum absolute atomic E-state index is 10.7. The minimum atomic E-state index is -1.61. The van der Waals surface area contributed by atoms with Crippen molar-refractivity contribution in [1.29, 1.82) is 0 Å². The van der Waals surface area contributed by atoms with Gasteiger partial charge in [-0.25, -0.2) is 4.21 Å². The molecule has 2 atom stereocenters. The third-order valence-electron chi connectivity index (χ3n) is 3.67. The number of hydrogen-bond donors (Lipinski definition) is 1. The molecule has 1 N–H and O–H groups in total. The zero-order chi connectivity index (χ0) is 13.6. The summed E-state index contributed by atoms with van der Waals surface area (Å²) in [6.45, 7) is 4.37. The first-order chi connectivity index (χ1) is 8.70. The summed E-state index contributed by atoms with van der Waals surface area (Å²) in [5.74, 6) is 0.911. The predicted molar refractivity (Wildman–Crippen MR) is 81.3 cm³/mol. The summed E-state index contributed by atoms with van der Waals surface area (Å²) in [6.07, 6.45) is 14.3. The van der Waals surface area contributed by atoms with Crippen molar-refractivity contribution >= 4 is 11.1 Å². The van der Waals surface area contributed by atoms with Crippen LogP contribution in [-0.2, 0) is 11.1 Å². The maximum Gasteiger partial charge on any atom is 0.153 e. The largest absolute Gasteiger partial charge is 0.306 e. The Morgan fingerprint density at radius 1 is 0.889 bits per heavy atom. The molecule has 2 nitrogen and oxygen atoms in total. The van der Waals surface area contributed by atoms with Crippen molar-refractivity contribution in [2.45, 2.75) is 84.5 Å². The van der Waals surface area contributed by atoms with Crippen LogP contribution in [0.1, 0.15) is 84.5 Å². The highest BCUT2D eigenvalue weighted by Gasteiger charge is 2.08. The van der Waals surface area contributed by atoms with Gasteiger partial charge in [0, 0.05) is 0 Å². The van der Waals surface area contributed by atoms with Gasteiger partial charge in [0.15, 0.2) is 11.1 Å². The molecule has 0 amide bonds. The van der Waals surface area contributed by atoms with Gasteiger partial charge in [0.2, 0.25) is 0 Å². The van der Waals surface area contributed by atoms with Crippen LogP contribution in [0.3, 0.4) is 0 Å². The SMILES string of the molecule is CCCCCCCCCCCC(CC)CS(=O)O. The summed E-state index contributed by atoms with van der Waals surface area (Å²) < 4.78 is 19.6. The average Bonchev–Trinajstić information content (AvgIpc) is 2.35. The van der Waals surface area contributed by atoms with E-state index in [1.54, 1.807) is 0 Å². The van der Waals surface area contributed by atoms with E-state index in [4.69, 9.17) is 4.55 Å². The Bertz CT molecular complexity index is 195. The molecule has 0 spiro atoms. The molecule has 0 aliphatic heterocycles. The molecule has 2 unspecified atom stereocenters. The van der Waals surface area contributed by atoms with E-state index in [2.05, 4.69) is 13.8 Å². The molecule has 110 valence electrons. The molecular weight excluding hydrogens is 244 g/mol. The van der Waals surface area contributed by atoms with E-state index in [9.17, 15) is 4.21 Å². The molecule has 0 aromatic carbocycles. The third-order valence-corrected chi connectivity index (χ3v) is 4.43. The zero-order valence-electron chi connectivity index (χ0n) is 12.3. The fourth-order valence-corrected chi connectivity index (χ4v) is 3.16. The van der Waals surface area contributed by atoms with Crippen LogP contribution in [0.15, 0.2) is 0 Å². The molecule has 3 heteroatoms. The molecule has 0 heterocycles. The molecular formula is C15H32O2S. The van der Waals surface area contributed by atoms with Crippen LogP contribution in [-0.4, -0.2) is 14.5 Å². The second kappa shape index (κ2) is 13.5. The summed E-state index contributed by atoms with van der Waals surface area (Å²) in [7, 11) is 0. The van der Waals surface area contributed by atoms with Crippen LogP contribution in [0.5, 0.6) is 0 Å². The van der Waals surface area contributed by atoms with Crippen molar-refractivity contribution in [3.8, 4) is 0 Å². The normalized spacial score (nSPS) is 14.6. The Balaban J connectivity index is 3.25. The van der Waals surface area contributed by atoms with Crippen molar-refractivity contribution in [1.82, 2.24) is 0 Å². The van der Waals surface area contributed by atoms with Gasteiger partial charge < -0.3 is 4.55 Å². The first-order valence-corrected chi connectivity index (χ1v) is 9.05. The maximum atomic E-state index is 10.7. The van der Waals surface area contributed by atoms with Gasteiger partial charge in [0.05, 0.1) is 5.75 Å². The highest BCUT2D eigenvalue weighted by molar-refractivity contribution is 7.79. The van der Waals surface area contributed by atoms with Gasteiger partial charge in [-0.1, -0.05) is 78.1 Å². The monoisotopic (exact) mass is 276 g/mol. The van der Waals surface area contributed by atoms with E-state index < -0.39 is 11.1 Å². The average molecular weight is 276 g/mol. The quantitative estimate of drug-likeness (QED) is 0.373. The van der Waals surface area contributed by atoms with Crippen molar-refractivity contribution in [3.63, 3.8) is 0 Å². The molecule has 0 saturated heterocycles. The fraction of sp³-hybridized carbons (Fsp3) is 1.00. The van der Waals surface area contributed by atoms with Crippen LogP contribution in [0.2, 0.25) is 0 Å². The first kappa shape index (κ1) is 18.1. The van der Waals surface area contributed by atoms with E-state index in [1.807, 2.05) is 0 Å². The number of hydrogen-bond acceptors (Lipinski definition) is 1. The van der Waals surface area contributed by atoms with Gasteiger partial charge in [-0.15, -0.1) is 0 Å². The topological polar surface area (TPSA) is 37.3 Å². The lowest BCUT2D eigenvalue weighted by Gasteiger charge is -2.11. The van der Waals surface area contributed by atoms with Gasteiger partial charge >= 0.3 is 0 Å². The smallest absolute Gasteiger partial charge is 0.153 e. The number of rotatable bonds is 13. The molecule has 0 bridgehead atoms. The van der Waals surface area contributed by atoms with Gasteiger partial charge in [0.25, 0.3) is 0 Å². The van der Waals surface area contributed by atoms with Crippen LogP contribution in [0.25, 0.3) is 0 Å². The van der Waals surface area contributed by atoms with Crippen molar-refractivity contribution in [2.24, 2.45) is 5.92 Å². The molecule has 0 radical (unpaired) electrons. The van der Waals surface area contributed by atoms with E-state index in [0.29, 0.717) is 11.7 Å². The molecule has 0 aliphatic carbocycles. The van der Waals surface area contributed by atoms with Gasteiger partial charge in [0.1, 0.15) is 0 Å². The van der Waals surface area contributed by atoms with E-state index in [1.165, 1.54) is 57.8 Å². The summed E-state index contributed by atoms with van der Waals surface area (Å²) >= 11 is -1.61. The molecule has 0 aromatic heterocycles. The van der Waals surface area contributed by atoms with Crippen molar-refractivity contribution in [2.75, 3.05) is 5.75 Å². The van der Waals surface area contributed by atoms with Gasteiger partial charge in [-0.2, -0.15) is 0 Å². The van der Waals surface area contributed by atoms with Crippen LogP contribution in [0, 0.1) is 5.92 Å². The fourth-order valence-electron chi connectivity index (χ4n) is 2.35. The molecule has 0 aliphatic rings. The minimum absolute atomic E-state index is 0.445. The highest BCUT2D eigenvalue weighted by atomic mass is 32.2. The van der Waals surface area contributed by atoms with E-state index in [-0.39, 0.29) is 0 Å². The lowest BCUT2D eigenvalue weighted by molar-refractivity contribution is 0.460. The first-order valence-electron chi connectivity index (χ1n) is 7.78. The van der Waals surface area contributed by atoms with Crippen LogP contribution >= 0.6 is 0 Å². The Hall–Kier alpha value is 0.110. The Morgan fingerprint density at radius 3 is 1.83 bits per heavy atom. The lowest BCUT2D eigenvalue weighted by Crippen LogP contribution is -2.09.